The molecule has 1 aliphatic rings. The van der Waals surface area contributed by atoms with Gasteiger partial charge in [-0.2, -0.15) is 9.97 Å². The van der Waals surface area contributed by atoms with Gasteiger partial charge in [0.25, 0.3) is 0 Å². The molecule has 43 heavy (non-hydrogen) atoms. The lowest BCUT2D eigenvalue weighted by Gasteiger charge is -2.19. The van der Waals surface area contributed by atoms with Crippen molar-refractivity contribution in [2.45, 2.75) is 32.9 Å². The maximum atomic E-state index is 11.0. The molecular weight excluding hydrogens is 571 g/mol. The summed E-state index contributed by atoms with van der Waals surface area (Å²) in [6.45, 7) is 4.43. The Morgan fingerprint density at radius 1 is 1.12 bits per heavy atom. The van der Waals surface area contributed by atoms with Gasteiger partial charge in [0.1, 0.15) is 6.29 Å². The molecule has 4 rings (SSSR count). The maximum absolute atomic E-state index is 11.0. The lowest BCUT2D eigenvalue weighted by atomic mass is 10.2. The molecule has 230 valence electrons. The fourth-order valence-electron chi connectivity index (χ4n) is 3.37. The van der Waals surface area contributed by atoms with Gasteiger partial charge in [0.2, 0.25) is 5.95 Å². The van der Waals surface area contributed by atoms with Crippen LogP contribution in [0.3, 0.4) is 0 Å². The minimum absolute atomic E-state index is 0.0736. The van der Waals surface area contributed by atoms with Crippen LogP contribution in [-0.2, 0) is 20.6 Å². The number of aldehydes is 1. The Labute approximate surface area is 252 Å². The predicted octanol–water partition coefficient (Wildman–Crippen LogP) is 3.31. The molecule has 0 amide bonds. The van der Waals surface area contributed by atoms with Crippen LogP contribution in [0.4, 0.5) is 17.5 Å². The number of fused-ring (bicyclic) bond motifs is 1. The van der Waals surface area contributed by atoms with E-state index in [0.29, 0.717) is 42.6 Å². The zero-order valence-corrected chi connectivity index (χ0v) is 25.4. The summed E-state index contributed by atoms with van der Waals surface area (Å²) in [6, 6.07) is 7.27. The average Bonchev–Trinajstić information content (AvgIpc) is 3.32. The van der Waals surface area contributed by atoms with Crippen LogP contribution in [0.5, 0.6) is 0 Å². The van der Waals surface area contributed by atoms with Crippen LogP contribution in [0.2, 0.25) is 0 Å². The van der Waals surface area contributed by atoms with Crippen LogP contribution in [0.1, 0.15) is 36.3 Å². The number of hydrogen-bond donors (Lipinski definition) is 4. The van der Waals surface area contributed by atoms with E-state index in [0.717, 1.165) is 24.1 Å². The second kappa shape index (κ2) is 19.0. The fraction of sp³-hybridized carbons (Fsp3) is 0.310. The lowest BCUT2D eigenvalue weighted by Crippen LogP contribution is -2.22. The molecule has 2 heterocycles. The van der Waals surface area contributed by atoms with Crippen LogP contribution in [0.15, 0.2) is 66.9 Å². The third-order valence-corrected chi connectivity index (χ3v) is 6.67. The molecule has 2 aromatic heterocycles. The summed E-state index contributed by atoms with van der Waals surface area (Å²) < 4.78 is 9.66. The number of hydrogen-bond acceptors (Lipinski definition) is 13. The Hall–Kier alpha value is -4.29. The summed E-state index contributed by atoms with van der Waals surface area (Å²) in [7, 11) is 0.332. The Kier molecular flexibility index (Phi) is 15.4. The zero-order chi connectivity index (χ0) is 31.6. The van der Waals surface area contributed by atoms with Crippen LogP contribution in [0.25, 0.3) is 11.2 Å². The van der Waals surface area contributed by atoms with E-state index in [2.05, 4.69) is 49.0 Å². The van der Waals surface area contributed by atoms with Gasteiger partial charge in [-0.25, -0.2) is 14.8 Å². The molecule has 13 nitrogen and oxygen atoms in total. The molecule has 14 heteroatoms. The van der Waals surface area contributed by atoms with Gasteiger partial charge < -0.3 is 36.3 Å². The molecule has 0 bridgehead atoms. The Balaban J connectivity index is 0.000000271. The van der Waals surface area contributed by atoms with Crippen molar-refractivity contribution < 1.29 is 23.7 Å². The SMILES string of the molecule is C1=CC=CCC=C1.CCOC(=O)C(C)OP(O)CCN.CN(Cc1cnc2nc(N)nc(N)c2n1)c1ccc(C=O)cc1. The van der Waals surface area contributed by atoms with E-state index in [-0.39, 0.29) is 11.8 Å². The third kappa shape index (κ3) is 12.6. The van der Waals surface area contributed by atoms with E-state index in [1.165, 1.54) is 0 Å². The first-order chi connectivity index (χ1) is 20.7. The third-order valence-electron chi connectivity index (χ3n) is 5.47. The highest BCUT2D eigenvalue weighted by molar-refractivity contribution is 7.46. The van der Waals surface area contributed by atoms with Crippen molar-refractivity contribution in [1.82, 2.24) is 19.9 Å². The minimum Gasteiger partial charge on any atom is -0.464 e. The molecule has 0 aliphatic heterocycles. The first kappa shape index (κ1) is 34.9. The van der Waals surface area contributed by atoms with Crippen molar-refractivity contribution in [2.75, 3.05) is 42.7 Å². The number of esters is 1. The Bertz CT molecular complexity index is 1390. The van der Waals surface area contributed by atoms with Crippen LogP contribution in [-0.4, -0.2) is 69.5 Å². The standard InChI is InChI=1S/C15H15N7O.C7H16NO4P.C7H8/c1-22(11-4-2-9(8-23)3-5-11)7-10-6-18-14-12(19-10)13(16)20-15(17)21-14;1-3-11-7(9)6(2)12-13(10)5-4-8;1-2-4-6-7-5-3-1/h2-6,8H,7H2,1H3,(H4,16,17,18,20,21);6,10H,3-5,8H2,1-2H3;1-6H,7H2. The molecule has 0 radical (unpaired) electrons. The summed E-state index contributed by atoms with van der Waals surface area (Å²) in [6.07, 6.45) is 15.6. The Morgan fingerprint density at radius 3 is 2.40 bits per heavy atom. The molecule has 1 aromatic carbocycles. The van der Waals surface area contributed by atoms with Gasteiger partial charge >= 0.3 is 5.97 Å². The second-order valence-electron chi connectivity index (χ2n) is 8.91. The number of carbonyl (C=O) groups excluding carboxylic acids is 2. The predicted molar refractivity (Wildman–Crippen MR) is 170 cm³/mol. The molecule has 2 atom stereocenters. The van der Waals surface area contributed by atoms with E-state index in [9.17, 15) is 14.5 Å². The quantitative estimate of drug-likeness (QED) is 0.148. The van der Waals surface area contributed by atoms with Crippen molar-refractivity contribution in [3.05, 3.63) is 78.2 Å². The molecule has 2 unspecified atom stereocenters. The highest BCUT2D eigenvalue weighted by Crippen LogP contribution is 2.32. The van der Waals surface area contributed by atoms with Gasteiger partial charge in [-0.1, -0.05) is 36.5 Å². The van der Waals surface area contributed by atoms with Crippen molar-refractivity contribution in [2.24, 2.45) is 5.73 Å². The van der Waals surface area contributed by atoms with Crippen LogP contribution in [0, 0.1) is 0 Å². The van der Waals surface area contributed by atoms with Crippen molar-refractivity contribution >= 4 is 49.2 Å². The number of nitrogen functional groups attached to an aromatic ring is 2. The number of benzene rings is 1. The number of rotatable bonds is 10. The van der Waals surface area contributed by atoms with E-state index >= 15 is 0 Å². The molecule has 0 saturated carbocycles. The van der Waals surface area contributed by atoms with Crippen molar-refractivity contribution in [3.8, 4) is 0 Å². The van der Waals surface area contributed by atoms with Gasteiger partial charge in [-0.3, -0.25) is 4.79 Å². The smallest absolute Gasteiger partial charge is 0.335 e. The summed E-state index contributed by atoms with van der Waals surface area (Å²) in [5.74, 6) is -0.176. The molecule has 0 fully saturated rings. The molecule has 7 N–H and O–H groups in total. The van der Waals surface area contributed by atoms with Gasteiger partial charge in [-0.05, 0) is 44.5 Å². The fourth-order valence-corrected chi connectivity index (χ4v) is 4.15. The van der Waals surface area contributed by atoms with Crippen LogP contribution < -0.4 is 22.1 Å². The van der Waals surface area contributed by atoms with Gasteiger partial charge in [0.05, 0.1) is 25.0 Å². The monoisotopic (exact) mass is 610 g/mol. The minimum atomic E-state index is -1.59. The van der Waals surface area contributed by atoms with Gasteiger partial charge in [0.15, 0.2) is 31.5 Å². The molecule has 0 saturated heterocycles. The molecule has 1 aliphatic carbocycles. The second-order valence-corrected chi connectivity index (χ2v) is 10.3. The average molecular weight is 611 g/mol. The molecular formula is C29H39N8O5P. The maximum Gasteiger partial charge on any atom is 0.335 e. The summed E-state index contributed by atoms with van der Waals surface area (Å²) >= 11 is 0. The number of carbonyl (C=O) groups is 2. The molecule has 0 spiro atoms. The van der Waals surface area contributed by atoms with Crippen molar-refractivity contribution in [3.63, 3.8) is 0 Å². The first-order valence-electron chi connectivity index (χ1n) is 13.5. The van der Waals surface area contributed by atoms with Crippen LogP contribution >= 0.6 is 8.38 Å². The highest BCUT2D eigenvalue weighted by Gasteiger charge is 2.18. The van der Waals surface area contributed by atoms with E-state index in [4.69, 9.17) is 21.7 Å². The number of nitrogens with two attached hydrogens (primary N) is 3. The van der Waals surface area contributed by atoms with E-state index < -0.39 is 20.4 Å². The zero-order valence-electron chi connectivity index (χ0n) is 24.5. The number of nitrogens with zero attached hydrogens (tertiary/aromatic N) is 5. The number of aromatic nitrogens is 4. The van der Waals surface area contributed by atoms with E-state index in [1.54, 1.807) is 32.2 Å². The van der Waals surface area contributed by atoms with Gasteiger partial charge in [-0.15, -0.1) is 0 Å². The number of allylic oxidation sites excluding steroid dienone is 6. The number of anilines is 3. The van der Waals surface area contributed by atoms with E-state index in [1.807, 2.05) is 36.2 Å². The normalized spacial score (nSPS) is 13.0. The number of ether oxygens (including phenoxy) is 1. The largest absolute Gasteiger partial charge is 0.464 e. The summed E-state index contributed by atoms with van der Waals surface area (Å²) in [5, 5.41) is 0. The summed E-state index contributed by atoms with van der Waals surface area (Å²) in [5.41, 5.74) is 19.7. The van der Waals surface area contributed by atoms with Crippen molar-refractivity contribution in [1.29, 1.82) is 0 Å². The first-order valence-corrected chi connectivity index (χ1v) is 14.9. The highest BCUT2D eigenvalue weighted by atomic mass is 31.2. The molecule has 3 aromatic rings. The topological polar surface area (TPSA) is 206 Å². The Morgan fingerprint density at radius 2 is 1.79 bits per heavy atom. The van der Waals surface area contributed by atoms with Gasteiger partial charge in [0, 0.05) is 31.0 Å². The summed E-state index contributed by atoms with van der Waals surface area (Å²) in [4.78, 5) is 49.4. The lowest BCUT2D eigenvalue weighted by molar-refractivity contribution is -0.150.